The molecular weight excluding hydrogens is 266 g/mol. The maximum Gasteiger partial charge on any atom is 0.406 e. The van der Waals surface area contributed by atoms with Crippen molar-refractivity contribution in [2.24, 2.45) is 0 Å². The van der Waals surface area contributed by atoms with Gasteiger partial charge in [0.25, 0.3) is 0 Å². The van der Waals surface area contributed by atoms with Crippen LogP contribution in [0, 0.1) is 5.82 Å². The Hall–Kier alpha value is -1.63. The Labute approximate surface area is 107 Å². The molecule has 0 atom stereocenters. The van der Waals surface area contributed by atoms with Crippen LogP contribution in [0.15, 0.2) is 24.3 Å². The zero-order chi connectivity index (χ0) is 14.5. The Balaban J connectivity index is 2.68. The molecule has 0 saturated carbocycles. The van der Waals surface area contributed by atoms with Crippen molar-refractivity contribution in [1.29, 1.82) is 0 Å². The van der Waals surface area contributed by atoms with E-state index in [4.69, 9.17) is 5.11 Å². The normalized spacial score (nSPS) is 11.4. The summed E-state index contributed by atoms with van der Waals surface area (Å²) < 4.78 is 49.4. The topological polar surface area (TPSA) is 40.5 Å². The Morgan fingerprint density at radius 2 is 1.79 bits per heavy atom. The maximum absolute atomic E-state index is 12.6. The summed E-state index contributed by atoms with van der Waals surface area (Å²) >= 11 is 0. The van der Waals surface area contributed by atoms with Crippen LogP contribution in [0.4, 0.5) is 17.6 Å². The molecule has 0 fully saturated rings. The van der Waals surface area contributed by atoms with E-state index in [1.54, 1.807) is 0 Å². The summed E-state index contributed by atoms with van der Waals surface area (Å²) in [6.45, 7) is -2.35. The molecule has 1 rings (SSSR count). The molecule has 3 nitrogen and oxygen atoms in total. The predicted molar refractivity (Wildman–Crippen MR) is 59.8 cm³/mol. The summed E-state index contributed by atoms with van der Waals surface area (Å²) in [5, 5.41) is 8.67. The number of aliphatic hydroxyl groups excluding tert-OH is 1. The lowest BCUT2D eigenvalue weighted by atomic mass is 10.1. The van der Waals surface area contributed by atoms with E-state index in [1.807, 2.05) is 0 Å². The Morgan fingerprint density at radius 1 is 1.21 bits per heavy atom. The molecule has 7 heteroatoms. The highest BCUT2D eigenvalue weighted by molar-refractivity contribution is 5.78. The van der Waals surface area contributed by atoms with Crippen molar-refractivity contribution in [3.8, 4) is 0 Å². The van der Waals surface area contributed by atoms with Crippen molar-refractivity contribution in [3.63, 3.8) is 0 Å². The van der Waals surface area contributed by atoms with Crippen molar-refractivity contribution in [2.45, 2.75) is 12.6 Å². The third-order valence-electron chi connectivity index (χ3n) is 2.36. The van der Waals surface area contributed by atoms with Crippen LogP contribution in [0.2, 0.25) is 0 Å². The molecule has 0 aliphatic rings. The highest BCUT2D eigenvalue weighted by atomic mass is 19.4. The van der Waals surface area contributed by atoms with Gasteiger partial charge in [-0.15, -0.1) is 0 Å². The van der Waals surface area contributed by atoms with E-state index in [-0.39, 0.29) is 13.0 Å². The number of nitrogens with zero attached hydrogens (tertiary/aromatic N) is 1. The number of alkyl halides is 3. The molecule has 0 aliphatic carbocycles. The lowest BCUT2D eigenvalue weighted by Crippen LogP contribution is -2.41. The van der Waals surface area contributed by atoms with Gasteiger partial charge in [0.1, 0.15) is 12.4 Å². The van der Waals surface area contributed by atoms with Gasteiger partial charge < -0.3 is 10.0 Å². The van der Waals surface area contributed by atoms with Crippen molar-refractivity contribution in [3.05, 3.63) is 35.6 Å². The van der Waals surface area contributed by atoms with Crippen LogP contribution < -0.4 is 0 Å². The average Bonchev–Trinajstić information content (AvgIpc) is 2.30. The van der Waals surface area contributed by atoms with Gasteiger partial charge in [0.2, 0.25) is 5.91 Å². The molecule has 0 heterocycles. The molecule has 0 saturated heterocycles. The van der Waals surface area contributed by atoms with Crippen molar-refractivity contribution in [2.75, 3.05) is 19.7 Å². The molecule has 1 aromatic carbocycles. The molecule has 0 aromatic heterocycles. The minimum Gasteiger partial charge on any atom is -0.395 e. The lowest BCUT2D eigenvalue weighted by Gasteiger charge is -2.23. The van der Waals surface area contributed by atoms with Gasteiger partial charge in [0.05, 0.1) is 13.0 Å². The molecule has 0 aliphatic heterocycles. The van der Waals surface area contributed by atoms with Gasteiger partial charge in [-0.25, -0.2) is 4.39 Å². The first-order valence-corrected chi connectivity index (χ1v) is 5.51. The van der Waals surface area contributed by atoms with Gasteiger partial charge in [-0.2, -0.15) is 13.2 Å². The molecule has 1 N–H and O–H groups in total. The Morgan fingerprint density at radius 3 is 2.26 bits per heavy atom. The number of halogens is 4. The first kappa shape index (κ1) is 15.4. The number of benzene rings is 1. The van der Waals surface area contributed by atoms with E-state index < -0.39 is 31.1 Å². The summed E-state index contributed by atoms with van der Waals surface area (Å²) in [5.74, 6) is -1.25. The molecule has 0 spiro atoms. The second-order valence-electron chi connectivity index (χ2n) is 3.96. The van der Waals surface area contributed by atoms with Crippen LogP contribution >= 0.6 is 0 Å². The van der Waals surface area contributed by atoms with Crippen LogP contribution in [0.25, 0.3) is 0 Å². The summed E-state index contributed by atoms with van der Waals surface area (Å²) in [5.41, 5.74) is 0.413. The van der Waals surface area contributed by atoms with Crippen LogP contribution in [0.5, 0.6) is 0 Å². The van der Waals surface area contributed by atoms with E-state index in [9.17, 15) is 22.4 Å². The molecule has 0 unspecified atom stereocenters. The number of amides is 1. The first-order valence-electron chi connectivity index (χ1n) is 5.51. The van der Waals surface area contributed by atoms with Gasteiger partial charge in [-0.05, 0) is 17.7 Å². The van der Waals surface area contributed by atoms with Crippen molar-refractivity contribution in [1.82, 2.24) is 4.90 Å². The summed E-state index contributed by atoms with van der Waals surface area (Å²) in [6.07, 6.45) is -4.79. The van der Waals surface area contributed by atoms with E-state index in [0.29, 0.717) is 10.5 Å². The Kier molecular flexibility index (Phi) is 5.29. The number of aliphatic hydroxyl groups is 1. The molecule has 0 radical (unpaired) electrons. The molecular formula is C12H13F4NO2. The molecule has 1 amide bonds. The summed E-state index contributed by atoms with van der Waals surface area (Å²) in [7, 11) is 0. The minimum absolute atomic E-state index is 0.268. The van der Waals surface area contributed by atoms with E-state index in [1.165, 1.54) is 12.1 Å². The third kappa shape index (κ3) is 5.69. The molecule has 106 valence electrons. The van der Waals surface area contributed by atoms with Gasteiger partial charge in [-0.1, -0.05) is 12.1 Å². The maximum atomic E-state index is 12.6. The largest absolute Gasteiger partial charge is 0.406 e. The first-order chi connectivity index (χ1) is 8.81. The van der Waals surface area contributed by atoms with Gasteiger partial charge in [0.15, 0.2) is 0 Å². The van der Waals surface area contributed by atoms with Crippen LogP contribution in [-0.2, 0) is 11.2 Å². The fourth-order valence-electron chi connectivity index (χ4n) is 1.52. The minimum atomic E-state index is -4.52. The van der Waals surface area contributed by atoms with E-state index >= 15 is 0 Å². The number of hydrogen-bond acceptors (Lipinski definition) is 2. The van der Waals surface area contributed by atoms with Crippen LogP contribution in [0.1, 0.15) is 5.56 Å². The summed E-state index contributed by atoms with van der Waals surface area (Å²) in [4.78, 5) is 12.2. The van der Waals surface area contributed by atoms with E-state index in [0.717, 1.165) is 12.1 Å². The standard InChI is InChI=1S/C12H13F4NO2/c13-10-3-1-9(2-4-10)7-11(19)17(5-6-18)8-12(14,15)16/h1-4,18H,5-8H2. The third-order valence-corrected chi connectivity index (χ3v) is 2.36. The zero-order valence-corrected chi connectivity index (χ0v) is 9.95. The number of hydrogen-bond donors (Lipinski definition) is 1. The van der Waals surface area contributed by atoms with E-state index in [2.05, 4.69) is 0 Å². The molecule has 19 heavy (non-hydrogen) atoms. The Bertz CT molecular complexity index is 417. The highest BCUT2D eigenvalue weighted by Crippen LogP contribution is 2.17. The second kappa shape index (κ2) is 6.51. The number of rotatable bonds is 5. The quantitative estimate of drug-likeness (QED) is 0.834. The average molecular weight is 279 g/mol. The smallest absolute Gasteiger partial charge is 0.395 e. The monoisotopic (exact) mass is 279 g/mol. The predicted octanol–water partition coefficient (Wildman–Crippen LogP) is 1.75. The second-order valence-corrected chi connectivity index (χ2v) is 3.96. The van der Waals surface area contributed by atoms with Gasteiger partial charge in [0, 0.05) is 6.54 Å². The number of carbonyl (C=O) groups is 1. The van der Waals surface area contributed by atoms with Crippen LogP contribution in [0.3, 0.4) is 0 Å². The van der Waals surface area contributed by atoms with Crippen molar-refractivity contribution >= 4 is 5.91 Å². The van der Waals surface area contributed by atoms with Crippen molar-refractivity contribution < 1.29 is 27.5 Å². The van der Waals surface area contributed by atoms with Crippen LogP contribution in [-0.4, -0.2) is 41.8 Å². The number of carbonyl (C=O) groups excluding carboxylic acids is 1. The fraction of sp³-hybridized carbons (Fsp3) is 0.417. The molecule has 0 bridgehead atoms. The molecule has 1 aromatic rings. The zero-order valence-electron chi connectivity index (χ0n) is 9.95. The summed E-state index contributed by atoms with van der Waals surface area (Å²) in [6, 6.07) is 4.92. The van der Waals surface area contributed by atoms with Gasteiger partial charge in [-0.3, -0.25) is 4.79 Å². The highest BCUT2D eigenvalue weighted by Gasteiger charge is 2.32. The fourth-order valence-corrected chi connectivity index (χ4v) is 1.52. The SMILES string of the molecule is O=C(Cc1ccc(F)cc1)N(CCO)CC(F)(F)F. The lowest BCUT2D eigenvalue weighted by molar-refractivity contribution is -0.161. The van der Waals surface area contributed by atoms with Gasteiger partial charge >= 0.3 is 6.18 Å².